The Labute approximate surface area is 200 Å². The maximum atomic E-state index is 12.7. The molecule has 0 radical (unpaired) electrons. The smallest absolute Gasteiger partial charge is 0.325 e. The third kappa shape index (κ3) is 8.26. The summed E-state index contributed by atoms with van der Waals surface area (Å²) in [6, 6.07) is 4.49. The molecule has 2 rings (SSSR count). The Bertz CT molecular complexity index is 966. The number of urea groups is 1. The minimum atomic E-state index is -1.51. The van der Waals surface area contributed by atoms with Gasteiger partial charge in [0, 0.05) is 6.54 Å². The molecule has 1 aromatic rings. The number of nitrogens with two attached hydrogens (primary N) is 2. The van der Waals surface area contributed by atoms with Crippen LogP contribution in [0.4, 0.5) is 4.79 Å². The van der Waals surface area contributed by atoms with Gasteiger partial charge in [-0.1, -0.05) is 30.3 Å². The molecule has 9 N–H and O–H groups in total. The van der Waals surface area contributed by atoms with E-state index in [1.54, 1.807) is 30.3 Å². The molecule has 3 atom stereocenters. The fourth-order valence-electron chi connectivity index (χ4n) is 3.39. The summed E-state index contributed by atoms with van der Waals surface area (Å²) in [4.78, 5) is 65.5. The number of hydrogen-bond acceptors (Lipinski definition) is 7. The van der Waals surface area contributed by atoms with Crippen LogP contribution in [-0.4, -0.2) is 82.6 Å². The number of aliphatic hydroxyl groups excluding tert-OH is 1. The molecule has 3 unspecified atom stereocenters. The molecule has 1 aliphatic heterocycles. The molecule has 0 bridgehead atoms. The summed E-state index contributed by atoms with van der Waals surface area (Å²) in [6.07, 6.45) is -0.105. The lowest BCUT2D eigenvalue weighted by molar-refractivity contribution is -0.141. The number of aliphatic hydroxyl groups is 1. The zero-order valence-electron chi connectivity index (χ0n) is 18.8. The van der Waals surface area contributed by atoms with Crippen LogP contribution in [0.2, 0.25) is 0 Å². The fourth-order valence-corrected chi connectivity index (χ4v) is 3.39. The van der Waals surface area contributed by atoms with E-state index in [0.29, 0.717) is 16.9 Å². The molecule has 0 saturated carbocycles. The molecule has 14 nitrogen and oxygen atoms in total. The van der Waals surface area contributed by atoms with Crippen LogP contribution < -0.4 is 27.4 Å². The van der Waals surface area contributed by atoms with Crippen LogP contribution in [0.3, 0.4) is 0 Å². The molecule has 1 fully saturated rings. The topological polar surface area (TPSA) is 230 Å². The number of rotatable bonds is 13. The Morgan fingerprint density at radius 2 is 1.83 bits per heavy atom. The molecular weight excluding hydrogens is 462 g/mol. The first-order valence-electron chi connectivity index (χ1n) is 10.8. The van der Waals surface area contributed by atoms with Gasteiger partial charge in [0.05, 0.1) is 19.1 Å². The highest BCUT2D eigenvalue weighted by Crippen LogP contribution is 2.13. The van der Waals surface area contributed by atoms with Gasteiger partial charge in [0.15, 0.2) is 5.96 Å². The number of guanidine groups is 1. The van der Waals surface area contributed by atoms with Crippen molar-refractivity contribution in [2.75, 3.05) is 19.7 Å². The highest BCUT2D eigenvalue weighted by molar-refractivity contribution is 6.06. The zero-order chi connectivity index (χ0) is 26.0. The second kappa shape index (κ2) is 12.9. The predicted molar refractivity (Wildman–Crippen MR) is 123 cm³/mol. The SMILES string of the molecule is NC(N)=NCCCC1NC(=O)N(CC(=O)NC(CC(=O)O)C(=O)NC(CO)c2ccccc2)C1=O. The van der Waals surface area contributed by atoms with Crippen LogP contribution in [0.25, 0.3) is 0 Å². The minimum Gasteiger partial charge on any atom is -0.481 e. The van der Waals surface area contributed by atoms with Crippen LogP contribution >= 0.6 is 0 Å². The summed E-state index contributed by atoms with van der Waals surface area (Å²) in [5, 5.41) is 26.0. The predicted octanol–water partition coefficient (Wildman–Crippen LogP) is -2.23. The standard InChI is InChI=1S/C21H29N7O7/c22-20(23)24-8-4-7-13-19(34)28(21(35)27-13)10-16(30)25-14(9-17(31)32)18(33)26-15(11-29)12-5-2-1-3-6-12/h1-3,5-6,13-15,29H,4,7-11H2,(H,25,30)(H,26,33)(H,27,35)(H,31,32)(H4,22,23,24). The van der Waals surface area contributed by atoms with Crippen molar-refractivity contribution in [2.45, 2.75) is 37.4 Å². The number of carboxylic acids is 1. The number of carbonyl (C=O) groups excluding carboxylic acids is 4. The number of nitrogens with one attached hydrogen (secondary N) is 3. The second-order valence-corrected chi connectivity index (χ2v) is 7.75. The van der Waals surface area contributed by atoms with Crippen LogP contribution in [0, 0.1) is 0 Å². The van der Waals surface area contributed by atoms with Crippen molar-refractivity contribution >= 4 is 35.7 Å². The molecule has 0 spiro atoms. The maximum Gasteiger partial charge on any atom is 0.325 e. The Kier molecular flexibility index (Phi) is 9.96. The van der Waals surface area contributed by atoms with E-state index in [9.17, 15) is 29.1 Å². The number of hydrogen-bond donors (Lipinski definition) is 7. The van der Waals surface area contributed by atoms with E-state index in [1.807, 2.05) is 0 Å². The lowest BCUT2D eigenvalue weighted by Gasteiger charge is -2.22. The van der Waals surface area contributed by atoms with Crippen LogP contribution in [0.1, 0.15) is 30.9 Å². The van der Waals surface area contributed by atoms with E-state index in [-0.39, 0.29) is 18.9 Å². The monoisotopic (exact) mass is 491 g/mol. The molecule has 1 saturated heterocycles. The Hall–Kier alpha value is -4.20. The van der Waals surface area contributed by atoms with E-state index >= 15 is 0 Å². The van der Waals surface area contributed by atoms with Crippen molar-refractivity contribution in [3.63, 3.8) is 0 Å². The summed E-state index contributed by atoms with van der Waals surface area (Å²) in [7, 11) is 0. The van der Waals surface area contributed by atoms with Gasteiger partial charge in [-0.3, -0.25) is 29.1 Å². The average Bonchev–Trinajstić information content (AvgIpc) is 3.07. The second-order valence-electron chi connectivity index (χ2n) is 7.75. The van der Waals surface area contributed by atoms with Crippen LogP contribution in [-0.2, 0) is 19.2 Å². The van der Waals surface area contributed by atoms with Gasteiger partial charge in [0.2, 0.25) is 11.8 Å². The number of amides is 5. The average molecular weight is 492 g/mol. The molecule has 190 valence electrons. The minimum absolute atomic E-state index is 0.0980. The number of aliphatic imine (C=N–C) groups is 1. The highest BCUT2D eigenvalue weighted by atomic mass is 16.4. The molecule has 5 amide bonds. The molecule has 35 heavy (non-hydrogen) atoms. The normalized spacial score (nSPS) is 16.7. The van der Waals surface area contributed by atoms with Gasteiger partial charge in [0.1, 0.15) is 18.6 Å². The lowest BCUT2D eigenvalue weighted by Crippen LogP contribution is -2.52. The Morgan fingerprint density at radius 1 is 1.14 bits per heavy atom. The summed E-state index contributed by atoms with van der Waals surface area (Å²) >= 11 is 0. The Morgan fingerprint density at radius 3 is 2.43 bits per heavy atom. The molecule has 1 aliphatic rings. The summed E-state index contributed by atoms with van der Waals surface area (Å²) < 4.78 is 0. The molecule has 1 aromatic carbocycles. The van der Waals surface area contributed by atoms with Crippen molar-refractivity contribution in [2.24, 2.45) is 16.5 Å². The first-order valence-corrected chi connectivity index (χ1v) is 10.8. The molecular formula is C21H29N7O7. The first kappa shape index (κ1) is 27.0. The number of carboxylic acid groups (broad SMARTS) is 1. The van der Waals surface area contributed by atoms with Gasteiger partial charge < -0.3 is 37.6 Å². The Balaban J connectivity index is 1.98. The molecule has 14 heteroatoms. The quantitative estimate of drug-likeness (QED) is 0.0684. The summed E-state index contributed by atoms with van der Waals surface area (Å²) in [5.74, 6) is -3.85. The molecule has 0 aliphatic carbocycles. The van der Waals surface area contributed by atoms with Crippen molar-refractivity contribution in [3.05, 3.63) is 35.9 Å². The number of nitrogens with zero attached hydrogens (tertiary/aromatic N) is 2. The van der Waals surface area contributed by atoms with Crippen LogP contribution in [0.15, 0.2) is 35.3 Å². The summed E-state index contributed by atoms with van der Waals surface area (Å²) in [6.45, 7) is -0.913. The fraction of sp³-hybridized carbons (Fsp3) is 0.429. The largest absolute Gasteiger partial charge is 0.481 e. The van der Waals surface area contributed by atoms with Gasteiger partial charge in [0.25, 0.3) is 5.91 Å². The van der Waals surface area contributed by atoms with E-state index < -0.39 is 67.4 Å². The highest BCUT2D eigenvalue weighted by Gasteiger charge is 2.39. The zero-order valence-corrected chi connectivity index (χ0v) is 18.8. The number of carbonyl (C=O) groups is 5. The van der Waals surface area contributed by atoms with Crippen molar-refractivity contribution < 1.29 is 34.2 Å². The van der Waals surface area contributed by atoms with E-state index in [2.05, 4.69) is 20.9 Å². The number of imide groups is 1. The van der Waals surface area contributed by atoms with E-state index in [1.165, 1.54) is 0 Å². The third-order valence-electron chi connectivity index (χ3n) is 5.09. The van der Waals surface area contributed by atoms with Crippen molar-refractivity contribution in [1.29, 1.82) is 0 Å². The lowest BCUT2D eigenvalue weighted by atomic mass is 10.1. The van der Waals surface area contributed by atoms with Gasteiger partial charge >= 0.3 is 12.0 Å². The van der Waals surface area contributed by atoms with E-state index in [0.717, 1.165) is 0 Å². The van der Waals surface area contributed by atoms with Gasteiger partial charge in [-0.2, -0.15) is 0 Å². The van der Waals surface area contributed by atoms with Gasteiger partial charge in [-0.25, -0.2) is 4.79 Å². The van der Waals surface area contributed by atoms with Crippen LogP contribution in [0.5, 0.6) is 0 Å². The number of aliphatic carboxylic acids is 1. The molecule has 0 aromatic heterocycles. The van der Waals surface area contributed by atoms with Gasteiger partial charge in [-0.05, 0) is 18.4 Å². The summed E-state index contributed by atoms with van der Waals surface area (Å²) in [5.41, 5.74) is 11.0. The number of benzene rings is 1. The maximum absolute atomic E-state index is 12.7. The molecule has 1 heterocycles. The van der Waals surface area contributed by atoms with E-state index in [4.69, 9.17) is 16.6 Å². The van der Waals surface area contributed by atoms with Crippen molar-refractivity contribution in [1.82, 2.24) is 20.9 Å². The van der Waals surface area contributed by atoms with Crippen molar-refractivity contribution in [3.8, 4) is 0 Å². The van der Waals surface area contributed by atoms with Gasteiger partial charge in [-0.15, -0.1) is 0 Å². The third-order valence-corrected chi connectivity index (χ3v) is 5.09. The first-order chi connectivity index (χ1) is 16.6.